The quantitative estimate of drug-likeness (QED) is 0.867. The smallest absolute Gasteiger partial charge is 0.0799 e. The molecule has 1 aromatic heterocycles. The highest BCUT2D eigenvalue weighted by atomic mass is 35.5. The van der Waals surface area contributed by atoms with Crippen LogP contribution >= 0.6 is 11.6 Å². The first-order valence-corrected chi connectivity index (χ1v) is 5.33. The highest BCUT2D eigenvalue weighted by Crippen LogP contribution is 2.22. The lowest BCUT2D eigenvalue weighted by atomic mass is 10.0. The molecule has 2 rings (SSSR count). The third-order valence-electron chi connectivity index (χ3n) is 2.33. The molecule has 0 saturated heterocycles. The van der Waals surface area contributed by atoms with Gasteiger partial charge in [-0.05, 0) is 30.2 Å². The van der Waals surface area contributed by atoms with Gasteiger partial charge >= 0.3 is 0 Å². The molecule has 0 aliphatic rings. The van der Waals surface area contributed by atoms with Crippen molar-refractivity contribution >= 4 is 11.6 Å². The lowest BCUT2D eigenvalue weighted by Crippen LogP contribution is -2.13. The highest BCUT2D eigenvalue weighted by Gasteiger charge is 2.11. The van der Waals surface area contributed by atoms with Crippen LogP contribution in [0.25, 0.3) is 0 Å². The molecule has 1 unspecified atom stereocenters. The Hall–Kier alpha value is -1.45. The second-order valence-corrected chi connectivity index (χ2v) is 4.11. The molecule has 0 bridgehead atoms. The SMILES string of the molecule is Cc1cc(Cl)cc(C(N)c2cnccn2)c1. The number of benzene rings is 1. The van der Waals surface area contributed by atoms with E-state index in [1.54, 1.807) is 18.6 Å². The maximum Gasteiger partial charge on any atom is 0.0799 e. The van der Waals surface area contributed by atoms with E-state index in [2.05, 4.69) is 9.97 Å². The van der Waals surface area contributed by atoms with Gasteiger partial charge in [0.15, 0.2) is 0 Å². The van der Waals surface area contributed by atoms with Crippen LogP contribution in [0.1, 0.15) is 22.9 Å². The Kier molecular flexibility index (Phi) is 3.17. The molecule has 1 atom stereocenters. The Bertz CT molecular complexity index is 465. The molecule has 1 aromatic carbocycles. The number of hydrogen-bond acceptors (Lipinski definition) is 3. The van der Waals surface area contributed by atoms with E-state index in [4.69, 9.17) is 17.3 Å². The second-order valence-electron chi connectivity index (χ2n) is 3.67. The van der Waals surface area contributed by atoms with E-state index in [-0.39, 0.29) is 6.04 Å². The van der Waals surface area contributed by atoms with Gasteiger partial charge in [0, 0.05) is 17.4 Å². The van der Waals surface area contributed by atoms with E-state index >= 15 is 0 Å². The lowest BCUT2D eigenvalue weighted by Gasteiger charge is -2.12. The van der Waals surface area contributed by atoms with E-state index < -0.39 is 0 Å². The minimum atomic E-state index is -0.286. The Morgan fingerprint density at radius 1 is 1.25 bits per heavy atom. The minimum Gasteiger partial charge on any atom is -0.319 e. The summed E-state index contributed by atoms with van der Waals surface area (Å²) in [5, 5.41) is 0.689. The van der Waals surface area contributed by atoms with Crippen molar-refractivity contribution in [3.63, 3.8) is 0 Å². The van der Waals surface area contributed by atoms with Gasteiger partial charge in [0.25, 0.3) is 0 Å². The molecule has 0 fully saturated rings. The van der Waals surface area contributed by atoms with Crippen LogP contribution in [0, 0.1) is 6.92 Å². The molecule has 4 heteroatoms. The van der Waals surface area contributed by atoms with Crippen LogP contribution in [0.5, 0.6) is 0 Å². The zero-order valence-electron chi connectivity index (χ0n) is 8.89. The van der Waals surface area contributed by atoms with Crippen molar-refractivity contribution in [1.29, 1.82) is 0 Å². The predicted octanol–water partition coefficient (Wildman–Crippen LogP) is 2.49. The first-order valence-electron chi connectivity index (χ1n) is 4.95. The molecule has 3 nitrogen and oxygen atoms in total. The van der Waals surface area contributed by atoms with Crippen molar-refractivity contribution in [2.24, 2.45) is 5.73 Å². The predicted molar refractivity (Wildman–Crippen MR) is 64.3 cm³/mol. The maximum absolute atomic E-state index is 6.09. The summed E-state index contributed by atoms with van der Waals surface area (Å²) in [6, 6.07) is 5.47. The topological polar surface area (TPSA) is 51.8 Å². The first kappa shape index (κ1) is 11.0. The second kappa shape index (κ2) is 4.60. The van der Waals surface area contributed by atoms with Gasteiger partial charge < -0.3 is 5.73 Å². The number of nitrogens with zero attached hydrogens (tertiary/aromatic N) is 2. The van der Waals surface area contributed by atoms with E-state index in [1.165, 1.54) is 0 Å². The fourth-order valence-corrected chi connectivity index (χ4v) is 1.88. The normalized spacial score (nSPS) is 12.4. The lowest BCUT2D eigenvalue weighted by molar-refractivity contribution is 0.817. The third-order valence-corrected chi connectivity index (χ3v) is 2.54. The van der Waals surface area contributed by atoms with Crippen LogP contribution in [-0.4, -0.2) is 9.97 Å². The Morgan fingerprint density at radius 2 is 2.06 bits per heavy atom. The van der Waals surface area contributed by atoms with Gasteiger partial charge in [-0.3, -0.25) is 9.97 Å². The summed E-state index contributed by atoms with van der Waals surface area (Å²) in [7, 11) is 0. The summed E-state index contributed by atoms with van der Waals surface area (Å²) in [5.74, 6) is 0. The molecule has 0 aliphatic carbocycles. The number of aryl methyl sites for hydroxylation is 1. The Balaban J connectivity index is 2.37. The molecule has 0 aliphatic heterocycles. The van der Waals surface area contributed by atoms with Crippen LogP contribution in [0.3, 0.4) is 0 Å². The summed E-state index contributed by atoms with van der Waals surface area (Å²) in [5.41, 5.74) is 8.87. The van der Waals surface area contributed by atoms with E-state index in [0.717, 1.165) is 16.8 Å². The Labute approximate surface area is 99.3 Å². The molecule has 2 aromatic rings. The molecule has 2 N–H and O–H groups in total. The van der Waals surface area contributed by atoms with Crippen LogP contribution < -0.4 is 5.73 Å². The van der Waals surface area contributed by atoms with Gasteiger partial charge in [-0.25, -0.2) is 0 Å². The van der Waals surface area contributed by atoms with E-state index in [9.17, 15) is 0 Å². The number of nitrogens with two attached hydrogens (primary N) is 1. The van der Waals surface area contributed by atoms with Gasteiger partial charge in [0.2, 0.25) is 0 Å². The zero-order chi connectivity index (χ0) is 11.5. The fraction of sp³-hybridized carbons (Fsp3) is 0.167. The summed E-state index contributed by atoms with van der Waals surface area (Å²) >= 11 is 5.99. The van der Waals surface area contributed by atoms with Crippen LogP contribution in [-0.2, 0) is 0 Å². The molecular weight excluding hydrogens is 222 g/mol. The molecule has 0 amide bonds. The van der Waals surface area contributed by atoms with Crippen molar-refractivity contribution in [3.05, 3.63) is 58.6 Å². The van der Waals surface area contributed by atoms with Gasteiger partial charge in [-0.15, -0.1) is 0 Å². The molecule has 0 radical (unpaired) electrons. The fourth-order valence-electron chi connectivity index (χ4n) is 1.59. The monoisotopic (exact) mass is 233 g/mol. The molecule has 16 heavy (non-hydrogen) atoms. The van der Waals surface area contributed by atoms with E-state index in [1.807, 2.05) is 25.1 Å². The average Bonchev–Trinajstić information content (AvgIpc) is 2.28. The summed E-state index contributed by atoms with van der Waals surface area (Å²) in [6.45, 7) is 1.98. The Morgan fingerprint density at radius 3 is 2.69 bits per heavy atom. The summed E-state index contributed by atoms with van der Waals surface area (Å²) in [4.78, 5) is 8.18. The van der Waals surface area contributed by atoms with Crippen LogP contribution in [0.15, 0.2) is 36.8 Å². The number of halogens is 1. The van der Waals surface area contributed by atoms with Gasteiger partial charge in [-0.2, -0.15) is 0 Å². The standard InChI is InChI=1S/C12H12ClN3/c1-8-4-9(6-10(13)5-8)12(14)11-7-15-2-3-16-11/h2-7,12H,14H2,1H3. The molecule has 0 spiro atoms. The van der Waals surface area contributed by atoms with Crippen LogP contribution in [0.4, 0.5) is 0 Å². The maximum atomic E-state index is 6.09. The van der Waals surface area contributed by atoms with Crippen molar-refractivity contribution < 1.29 is 0 Å². The minimum absolute atomic E-state index is 0.286. The first-order chi connectivity index (χ1) is 7.66. The molecule has 0 saturated carbocycles. The number of rotatable bonds is 2. The molecule has 1 heterocycles. The average molecular weight is 234 g/mol. The van der Waals surface area contributed by atoms with Crippen molar-refractivity contribution in [2.75, 3.05) is 0 Å². The zero-order valence-corrected chi connectivity index (χ0v) is 9.65. The third kappa shape index (κ3) is 2.38. The van der Waals surface area contributed by atoms with Crippen LogP contribution in [0.2, 0.25) is 5.02 Å². The van der Waals surface area contributed by atoms with Gasteiger partial charge in [0.1, 0.15) is 0 Å². The van der Waals surface area contributed by atoms with Crippen molar-refractivity contribution in [3.8, 4) is 0 Å². The highest BCUT2D eigenvalue weighted by molar-refractivity contribution is 6.30. The summed E-state index contributed by atoms with van der Waals surface area (Å²) in [6.07, 6.45) is 4.92. The van der Waals surface area contributed by atoms with E-state index in [0.29, 0.717) is 5.02 Å². The molecular formula is C12H12ClN3. The van der Waals surface area contributed by atoms with Gasteiger partial charge in [0.05, 0.1) is 17.9 Å². The summed E-state index contributed by atoms with van der Waals surface area (Å²) < 4.78 is 0. The number of hydrogen-bond donors (Lipinski definition) is 1. The van der Waals surface area contributed by atoms with Crippen molar-refractivity contribution in [2.45, 2.75) is 13.0 Å². The number of aromatic nitrogens is 2. The molecule has 82 valence electrons. The largest absolute Gasteiger partial charge is 0.319 e. The van der Waals surface area contributed by atoms with Gasteiger partial charge in [-0.1, -0.05) is 17.7 Å². The van der Waals surface area contributed by atoms with Crippen molar-refractivity contribution in [1.82, 2.24) is 9.97 Å².